The summed E-state index contributed by atoms with van der Waals surface area (Å²) in [4.78, 5) is 12.4. The lowest BCUT2D eigenvalue weighted by molar-refractivity contribution is -0.121. The van der Waals surface area contributed by atoms with Crippen LogP contribution < -0.4 is 20.1 Å². The highest BCUT2D eigenvalue weighted by Crippen LogP contribution is 2.29. The van der Waals surface area contributed by atoms with Gasteiger partial charge in [-0.15, -0.1) is 0 Å². The highest BCUT2D eigenvalue weighted by Gasteiger charge is 2.16. The van der Waals surface area contributed by atoms with Gasteiger partial charge < -0.3 is 20.1 Å². The number of ether oxygens (including phenoxy) is 2. The molecule has 5 nitrogen and oxygen atoms in total. The number of amides is 1. The van der Waals surface area contributed by atoms with Crippen LogP contribution in [0.3, 0.4) is 0 Å². The third-order valence-electron chi connectivity index (χ3n) is 4.13. The first-order valence-corrected chi connectivity index (χ1v) is 8.36. The lowest BCUT2D eigenvalue weighted by Gasteiger charge is -2.19. The fourth-order valence-corrected chi connectivity index (χ4v) is 2.52. The molecule has 0 bridgehead atoms. The summed E-state index contributed by atoms with van der Waals surface area (Å²) < 4.78 is 10.5. The predicted molar refractivity (Wildman–Crippen MR) is 100 cm³/mol. The van der Waals surface area contributed by atoms with Crippen molar-refractivity contribution in [2.24, 2.45) is 0 Å². The molecule has 0 unspecified atom stereocenters. The van der Waals surface area contributed by atoms with Crippen molar-refractivity contribution in [3.05, 3.63) is 54.1 Å². The van der Waals surface area contributed by atoms with Crippen molar-refractivity contribution in [3.8, 4) is 11.5 Å². The van der Waals surface area contributed by atoms with Crippen LogP contribution in [0.5, 0.6) is 11.5 Å². The van der Waals surface area contributed by atoms with Gasteiger partial charge in [-0.1, -0.05) is 37.3 Å². The van der Waals surface area contributed by atoms with Gasteiger partial charge in [-0.25, -0.2) is 0 Å². The Morgan fingerprint density at radius 1 is 1.04 bits per heavy atom. The minimum atomic E-state index is -0.384. The predicted octanol–water partition coefficient (Wildman–Crippen LogP) is 3.42. The Bertz CT molecular complexity index is 689. The smallest absolute Gasteiger partial charge is 0.242 e. The zero-order valence-electron chi connectivity index (χ0n) is 15.2. The van der Waals surface area contributed by atoms with E-state index in [0.29, 0.717) is 18.0 Å². The summed E-state index contributed by atoms with van der Waals surface area (Å²) in [6.45, 7) is 4.51. The van der Waals surface area contributed by atoms with Gasteiger partial charge in [-0.05, 0) is 30.5 Å². The molecule has 2 aromatic carbocycles. The number of benzene rings is 2. The average molecular weight is 342 g/mol. The maximum Gasteiger partial charge on any atom is 0.242 e. The van der Waals surface area contributed by atoms with Gasteiger partial charge in [0.1, 0.15) is 17.5 Å². The van der Waals surface area contributed by atoms with Crippen LogP contribution in [0.15, 0.2) is 48.5 Å². The third-order valence-corrected chi connectivity index (χ3v) is 4.13. The van der Waals surface area contributed by atoms with Crippen LogP contribution in [0.4, 0.5) is 5.69 Å². The Morgan fingerprint density at radius 2 is 1.76 bits per heavy atom. The van der Waals surface area contributed by atoms with Crippen molar-refractivity contribution in [3.63, 3.8) is 0 Å². The Labute approximate surface area is 149 Å². The number of nitrogens with one attached hydrogen (secondary N) is 2. The van der Waals surface area contributed by atoms with Crippen molar-refractivity contribution in [2.75, 3.05) is 26.1 Å². The number of rotatable bonds is 8. The average Bonchev–Trinajstić information content (AvgIpc) is 2.66. The molecule has 0 aliphatic carbocycles. The molecular formula is C20H26N2O3. The molecule has 25 heavy (non-hydrogen) atoms. The Hall–Kier alpha value is -2.69. The maximum atomic E-state index is 12.4. The van der Waals surface area contributed by atoms with Crippen LogP contribution in [0, 0.1) is 0 Å². The largest absolute Gasteiger partial charge is 0.497 e. The van der Waals surface area contributed by atoms with E-state index in [1.807, 2.05) is 37.3 Å². The first-order chi connectivity index (χ1) is 12.0. The van der Waals surface area contributed by atoms with E-state index in [1.165, 1.54) is 5.56 Å². The van der Waals surface area contributed by atoms with Crippen molar-refractivity contribution in [1.82, 2.24) is 5.32 Å². The van der Waals surface area contributed by atoms with Crippen molar-refractivity contribution >= 4 is 11.6 Å². The zero-order chi connectivity index (χ0) is 18.2. The lowest BCUT2D eigenvalue weighted by Crippen LogP contribution is -2.39. The summed E-state index contributed by atoms with van der Waals surface area (Å²) in [5.74, 6) is 1.54. The summed E-state index contributed by atoms with van der Waals surface area (Å²) in [6, 6.07) is 15.2. The molecule has 2 aromatic rings. The molecule has 0 spiro atoms. The van der Waals surface area contributed by atoms with Crippen LogP contribution in [0.25, 0.3) is 0 Å². The van der Waals surface area contributed by atoms with Gasteiger partial charge in [0.15, 0.2) is 0 Å². The lowest BCUT2D eigenvalue weighted by atomic mass is 10.0. The van der Waals surface area contributed by atoms with Crippen LogP contribution in [0.1, 0.15) is 25.3 Å². The van der Waals surface area contributed by atoms with Gasteiger partial charge in [0.05, 0.1) is 19.9 Å². The normalized spacial score (nSPS) is 12.8. The molecule has 0 aromatic heterocycles. The van der Waals surface area contributed by atoms with E-state index in [1.54, 1.807) is 20.3 Å². The number of carbonyl (C=O) groups is 1. The molecule has 0 fully saturated rings. The number of methoxy groups -OCH3 is 2. The Morgan fingerprint density at radius 3 is 2.40 bits per heavy atom. The van der Waals surface area contributed by atoms with E-state index < -0.39 is 0 Å². The minimum Gasteiger partial charge on any atom is -0.497 e. The maximum absolute atomic E-state index is 12.4. The SMILES string of the molecule is COc1ccc(N[C@@H](C)C(=O)NC[C@H](C)c2ccccc2)c(OC)c1. The third kappa shape index (κ3) is 5.14. The molecule has 1 amide bonds. The fraction of sp³-hybridized carbons (Fsp3) is 0.350. The molecule has 134 valence electrons. The molecule has 2 rings (SSSR count). The molecule has 0 heterocycles. The van der Waals surface area contributed by atoms with Crippen LogP contribution >= 0.6 is 0 Å². The molecule has 0 saturated carbocycles. The highest BCUT2D eigenvalue weighted by molar-refractivity contribution is 5.84. The molecule has 0 aliphatic rings. The first-order valence-electron chi connectivity index (χ1n) is 8.36. The van der Waals surface area contributed by atoms with Crippen LogP contribution in [0.2, 0.25) is 0 Å². The van der Waals surface area contributed by atoms with Gasteiger partial charge in [-0.2, -0.15) is 0 Å². The van der Waals surface area contributed by atoms with Gasteiger partial charge in [-0.3, -0.25) is 4.79 Å². The minimum absolute atomic E-state index is 0.0550. The van der Waals surface area contributed by atoms with Gasteiger partial charge in [0, 0.05) is 12.6 Å². The zero-order valence-corrected chi connectivity index (χ0v) is 15.2. The summed E-state index contributed by atoms with van der Waals surface area (Å²) >= 11 is 0. The van der Waals surface area contributed by atoms with E-state index in [2.05, 4.69) is 29.7 Å². The standard InChI is InChI=1S/C20H26N2O3/c1-14(16-8-6-5-7-9-16)13-21-20(23)15(2)22-18-11-10-17(24-3)12-19(18)25-4/h5-12,14-15,22H,13H2,1-4H3,(H,21,23)/t14-,15-/m0/s1. The molecular weight excluding hydrogens is 316 g/mol. The van der Waals surface area contributed by atoms with Gasteiger partial charge >= 0.3 is 0 Å². The number of anilines is 1. The Kier molecular flexibility index (Phi) is 6.69. The molecule has 5 heteroatoms. The topological polar surface area (TPSA) is 59.6 Å². The van der Waals surface area contributed by atoms with E-state index in [-0.39, 0.29) is 17.9 Å². The van der Waals surface area contributed by atoms with Crippen molar-refractivity contribution < 1.29 is 14.3 Å². The second-order valence-corrected chi connectivity index (χ2v) is 5.99. The summed E-state index contributed by atoms with van der Waals surface area (Å²) in [5.41, 5.74) is 1.96. The molecule has 2 atom stereocenters. The second-order valence-electron chi connectivity index (χ2n) is 5.99. The quantitative estimate of drug-likeness (QED) is 0.772. The van der Waals surface area contributed by atoms with Crippen molar-refractivity contribution in [1.29, 1.82) is 0 Å². The van der Waals surface area contributed by atoms with E-state index in [9.17, 15) is 4.79 Å². The summed E-state index contributed by atoms with van der Waals surface area (Å²) in [7, 11) is 3.19. The van der Waals surface area contributed by atoms with E-state index in [0.717, 1.165) is 5.69 Å². The van der Waals surface area contributed by atoms with Gasteiger partial charge in [0.2, 0.25) is 5.91 Å². The summed E-state index contributed by atoms with van der Waals surface area (Å²) in [5, 5.41) is 6.18. The number of hydrogen-bond acceptors (Lipinski definition) is 4. The Balaban J connectivity index is 1.92. The molecule has 0 aliphatic heterocycles. The number of hydrogen-bond donors (Lipinski definition) is 2. The molecule has 0 radical (unpaired) electrons. The fourth-order valence-electron chi connectivity index (χ4n) is 2.52. The second kappa shape index (κ2) is 8.97. The first kappa shape index (κ1) is 18.6. The van der Waals surface area contributed by atoms with Crippen molar-refractivity contribution in [2.45, 2.75) is 25.8 Å². The monoisotopic (exact) mass is 342 g/mol. The van der Waals surface area contributed by atoms with Gasteiger partial charge in [0.25, 0.3) is 0 Å². The molecule has 0 saturated heterocycles. The highest BCUT2D eigenvalue weighted by atomic mass is 16.5. The van der Waals surface area contributed by atoms with E-state index >= 15 is 0 Å². The number of carbonyl (C=O) groups excluding carboxylic acids is 1. The summed E-state index contributed by atoms with van der Waals surface area (Å²) in [6.07, 6.45) is 0. The van der Waals surface area contributed by atoms with Crippen LogP contribution in [-0.4, -0.2) is 32.7 Å². The van der Waals surface area contributed by atoms with E-state index in [4.69, 9.17) is 9.47 Å². The molecule has 2 N–H and O–H groups in total. The van der Waals surface area contributed by atoms with Crippen LogP contribution in [-0.2, 0) is 4.79 Å².